The van der Waals surface area contributed by atoms with Crippen LogP contribution in [0.1, 0.15) is 25.0 Å². The summed E-state index contributed by atoms with van der Waals surface area (Å²) in [5.74, 6) is -1.86. The lowest BCUT2D eigenvalue weighted by Gasteiger charge is -2.20. The van der Waals surface area contributed by atoms with Crippen molar-refractivity contribution in [3.63, 3.8) is 0 Å². The Morgan fingerprint density at radius 2 is 1.41 bits per heavy atom. The molecular formula is C21H40N4O9. The van der Waals surface area contributed by atoms with Gasteiger partial charge in [-0.2, -0.15) is 0 Å². The third-order valence-electron chi connectivity index (χ3n) is 5.11. The van der Waals surface area contributed by atoms with Crippen molar-refractivity contribution in [2.45, 2.75) is 38.5 Å². The average Bonchev–Trinajstić information content (AvgIpc) is 3.29. The van der Waals surface area contributed by atoms with Gasteiger partial charge in [0.05, 0.1) is 72.3 Å². The Morgan fingerprint density at radius 3 is 1.94 bits per heavy atom. The molecule has 13 heteroatoms. The van der Waals surface area contributed by atoms with Crippen molar-refractivity contribution in [1.82, 2.24) is 15.0 Å². The Balaban J connectivity index is 2.40. The second-order valence-electron chi connectivity index (χ2n) is 8.33. The predicted octanol–water partition coefficient (Wildman–Crippen LogP) is -1.77. The molecule has 0 aliphatic rings. The molecule has 0 radical (unpaired) electrons. The number of aliphatic carboxylic acids is 1. The SMILES string of the molecule is N[C@H](CCCCn1cc(COCC(COCC(CO)CO)COCC(CO)CO)nn1)C(=O)O. The summed E-state index contributed by atoms with van der Waals surface area (Å²) < 4.78 is 18.6. The molecule has 198 valence electrons. The molecule has 0 saturated carbocycles. The van der Waals surface area contributed by atoms with Gasteiger partial charge in [-0.3, -0.25) is 9.48 Å². The second kappa shape index (κ2) is 18.6. The van der Waals surface area contributed by atoms with Crippen LogP contribution in [0.5, 0.6) is 0 Å². The molecule has 0 bridgehead atoms. The fraction of sp³-hybridized carbons (Fsp3) is 0.857. The molecule has 1 aromatic rings. The first-order valence-electron chi connectivity index (χ1n) is 11.5. The highest BCUT2D eigenvalue weighted by Crippen LogP contribution is 2.08. The highest BCUT2D eigenvalue weighted by atomic mass is 16.5. The van der Waals surface area contributed by atoms with Gasteiger partial charge in [0.15, 0.2) is 0 Å². The Bertz CT molecular complexity index is 624. The van der Waals surface area contributed by atoms with Gasteiger partial charge in [0.25, 0.3) is 0 Å². The molecule has 7 N–H and O–H groups in total. The van der Waals surface area contributed by atoms with Crippen molar-refractivity contribution in [3.05, 3.63) is 11.9 Å². The van der Waals surface area contributed by atoms with Crippen LogP contribution in [0.15, 0.2) is 6.20 Å². The highest BCUT2D eigenvalue weighted by molar-refractivity contribution is 5.72. The van der Waals surface area contributed by atoms with Crippen LogP contribution in [0.25, 0.3) is 0 Å². The Labute approximate surface area is 199 Å². The van der Waals surface area contributed by atoms with E-state index in [2.05, 4.69) is 10.3 Å². The number of hydrogen-bond donors (Lipinski definition) is 6. The van der Waals surface area contributed by atoms with Crippen LogP contribution in [-0.4, -0.2) is 112 Å². The molecule has 0 saturated heterocycles. The smallest absolute Gasteiger partial charge is 0.320 e. The lowest BCUT2D eigenvalue weighted by Crippen LogP contribution is -2.29. The standard InChI is InChI=1S/C21H40N4O9/c22-20(21(30)31)3-1-2-4-25-5-19(23-24-25)15-34-14-18(12-32-10-16(6-26)7-27)13-33-11-17(8-28)9-29/h5,16-18,20,26-29H,1-4,6-15,22H2,(H,30,31)/t20-/m1/s1. The maximum atomic E-state index is 10.7. The number of nitrogens with two attached hydrogens (primary N) is 1. The number of rotatable bonds is 22. The minimum absolute atomic E-state index is 0.149. The minimum atomic E-state index is -1.00. The zero-order chi connectivity index (χ0) is 25.2. The number of aliphatic hydroxyl groups is 4. The number of aromatic nitrogens is 3. The molecule has 1 rings (SSSR count). The molecule has 0 spiro atoms. The zero-order valence-corrected chi connectivity index (χ0v) is 19.6. The van der Waals surface area contributed by atoms with E-state index in [-0.39, 0.29) is 77.2 Å². The van der Waals surface area contributed by atoms with Gasteiger partial charge >= 0.3 is 5.97 Å². The third-order valence-corrected chi connectivity index (χ3v) is 5.11. The van der Waals surface area contributed by atoms with Crippen LogP contribution in [0, 0.1) is 17.8 Å². The molecule has 1 atom stereocenters. The van der Waals surface area contributed by atoms with Gasteiger partial charge < -0.3 is 45.5 Å². The van der Waals surface area contributed by atoms with Crippen molar-refractivity contribution >= 4 is 5.97 Å². The Morgan fingerprint density at radius 1 is 0.882 bits per heavy atom. The molecule has 0 amide bonds. The first-order chi connectivity index (χ1) is 16.4. The quantitative estimate of drug-likeness (QED) is 0.0995. The van der Waals surface area contributed by atoms with Gasteiger partial charge in [-0.05, 0) is 19.3 Å². The molecule has 0 unspecified atom stereocenters. The van der Waals surface area contributed by atoms with Gasteiger partial charge in [0.2, 0.25) is 0 Å². The van der Waals surface area contributed by atoms with E-state index in [1.54, 1.807) is 10.9 Å². The van der Waals surface area contributed by atoms with Gasteiger partial charge in [-0.15, -0.1) is 5.10 Å². The molecule has 1 heterocycles. The van der Waals surface area contributed by atoms with E-state index >= 15 is 0 Å². The van der Waals surface area contributed by atoms with E-state index in [4.69, 9.17) is 45.5 Å². The van der Waals surface area contributed by atoms with Crippen molar-refractivity contribution in [3.8, 4) is 0 Å². The summed E-state index contributed by atoms with van der Waals surface area (Å²) in [5, 5.41) is 53.5. The van der Waals surface area contributed by atoms with Crippen LogP contribution >= 0.6 is 0 Å². The predicted molar refractivity (Wildman–Crippen MR) is 120 cm³/mol. The normalized spacial score (nSPS) is 12.8. The number of nitrogens with zero attached hydrogens (tertiary/aromatic N) is 3. The molecule has 0 aliphatic carbocycles. The topological polar surface area (TPSA) is 203 Å². The fourth-order valence-electron chi connectivity index (χ4n) is 2.88. The highest BCUT2D eigenvalue weighted by Gasteiger charge is 2.15. The summed E-state index contributed by atoms with van der Waals surface area (Å²) in [7, 11) is 0. The maximum absolute atomic E-state index is 10.7. The molecule has 0 fully saturated rings. The maximum Gasteiger partial charge on any atom is 0.320 e. The molecule has 13 nitrogen and oxygen atoms in total. The van der Waals surface area contributed by atoms with E-state index in [1.807, 2.05) is 0 Å². The lowest BCUT2D eigenvalue weighted by molar-refractivity contribution is -0.138. The number of aliphatic hydroxyl groups excluding tert-OH is 4. The fourth-order valence-corrected chi connectivity index (χ4v) is 2.88. The average molecular weight is 493 g/mol. The van der Waals surface area contributed by atoms with Crippen LogP contribution < -0.4 is 5.73 Å². The number of carboxylic acids is 1. The van der Waals surface area contributed by atoms with Crippen molar-refractivity contribution in [2.24, 2.45) is 23.5 Å². The summed E-state index contributed by atoms with van der Waals surface area (Å²) >= 11 is 0. The zero-order valence-electron chi connectivity index (χ0n) is 19.6. The van der Waals surface area contributed by atoms with E-state index in [0.717, 1.165) is 6.42 Å². The van der Waals surface area contributed by atoms with Crippen LogP contribution in [0.2, 0.25) is 0 Å². The minimum Gasteiger partial charge on any atom is -0.480 e. The summed E-state index contributed by atoms with van der Waals surface area (Å²) in [6.45, 7) is 1.38. The summed E-state index contributed by atoms with van der Waals surface area (Å²) in [6.07, 6.45) is 3.56. The van der Waals surface area contributed by atoms with Crippen molar-refractivity contribution in [1.29, 1.82) is 0 Å². The van der Waals surface area contributed by atoms with Gasteiger partial charge in [0.1, 0.15) is 11.7 Å². The molecular weight excluding hydrogens is 452 g/mol. The van der Waals surface area contributed by atoms with Gasteiger partial charge in [-0.1, -0.05) is 5.21 Å². The van der Waals surface area contributed by atoms with Crippen LogP contribution in [-0.2, 0) is 32.2 Å². The molecule has 34 heavy (non-hydrogen) atoms. The first-order valence-corrected chi connectivity index (χ1v) is 11.5. The molecule has 1 aromatic heterocycles. The lowest BCUT2D eigenvalue weighted by atomic mass is 10.1. The monoisotopic (exact) mass is 492 g/mol. The Kier molecular flexibility index (Phi) is 16.6. The number of carboxylic acid groups (broad SMARTS) is 1. The summed E-state index contributed by atoms with van der Waals surface area (Å²) in [6, 6.07) is -0.850. The largest absolute Gasteiger partial charge is 0.480 e. The molecule has 0 aromatic carbocycles. The number of carbonyl (C=O) groups is 1. The van der Waals surface area contributed by atoms with Crippen molar-refractivity contribution in [2.75, 3.05) is 59.5 Å². The van der Waals surface area contributed by atoms with Crippen LogP contribution in [0.3, 0.4) is 0 Å². The summed E-state index contributed by atoms with van der Waals surface area (Å²) in [5.41, 5.74) is 6.13. The Hall–Kier alpha value is -1.71. The van der Waals surface area contributed by atoms with Gasteiger partial charge in [0, 0.05) is 24.3 Å². The van der Waals surface area contributed by atoms with Crippen LogP contribution in [0.4, 0.5) is 0 Å². The molecule has 0 aliphatic heterocycles. The summed E-state index contributed by atoms with van der Waals surface area (Å²) in [4.78, 5) is 10.7. The van der Waals surface area contributed by atoms with E-state index < -0.39 is 12.0 Å². The van der Waals surface area contributed by atoms with E-state index in [9.17, 15) is 4.79 Å². The first kappa shape index (κ1) is 30.3. The second-order valence-corrected chi connectivity index (χ2v) is 8.33. The number of aryl methyl sites for hydroxylation is 1. The number of unbranched alkanes of at least 4 members (excludes halogenated alkanes) is 1. The van der Waals surface area contributed by atoms with Gasteiger partial charge in [-0.25, -0.2) is 0 Å². The number of hydrogen-bond acceptors (Lipinski definition) is 11. The van der Waals surface area contributed by atoms with E-state index in [1.165, 1.54) is 0 Å². The van der Waals surface area contributed by atoms with E-state index in [0.29, 0.717) is 31.7 Å². The third kappa shape index (κ3) is 13.2. The number of ether oxygens (including phenoxy) is 3. The van der Waals surface area contributed by atoms with Crippen molar-refractivity contribution < 1.29 is 44.5 Å².